The van der Waals surface area contributed by atoms with Gasteiger partial charge >= 0.3 is 0 Å². The Balaban J connectivity index is 0.000000166. The van der Waals surface area contributed by atoms with Crippen LogP contribution in [0.3, 0.4) is 0 Å². The zero-order valence-corrected chi connectivity index (χ0v) is 38.3. The van der Waals surface area contributed by atoms with E-state index in [9.17, 15) is 19.2 Å². The normalized spacial score (nSPS) is 18.2. The number of rotatable bonds is 7. The molecule has 6 aromatic rings. The summed E-state index contributed by atoms with van der Waals surface area (Å²) in [4.78, 5) is 59.4. The largest absolute Gasteiger partial charge is 0.461 e. The minimum absolute atomic E-state index is 0.0390. The number of fused-ring (bicyclic) bond motifs is 2. The van der Waals surface area contributed by atoms with Crippen LogP contribution in [0.5, 0.6) is 0 Å². The van der Waals surface area contributed by atoms with Crippen molar-refractivity contribution in [3.63, 3.8) is 0 Å². The van der Waals surface area contributed by atoms with Crippen molar-refractivity contribution in [3.8, 4) is 22.6 Å². The lowest BCUT2D eigenvalue weighted by atomic mass is 9.96. The van der Waals surface area contributed by atoms with E-state index in [2.05, 4.69) is 34.5 Å². The van der Waals surface area contributed by atoms with Crippen molar-refractivity contribution in [2.24, 2.45) is 0 Å². The first-order valence-corrected chi connectivity index (χ1v) is 23.0. The van der Waals surface area contributed by atoms with Gasteiger partial charge in [-0.15, -0.1) is 0 Å². The summed E-state index contributed by atoms with van der Waals surface area (Å²) in [5, 5.41) is 6.91. The number of carbonyl (C=O) groups excluding carboxylic acids is 4. The molecular weight excluding hydrogens is 876 g/mol. The molecule has 338 valence electrons. The number of amides is 4. The van der Waals surface area contributed by atoms with Gasteiger partial charge in [-0.3, -0.25) is 19.2 Å². The number of furan rings is 2. The molecule has 2 N–H and O–H groups in total. The quantitative estimate of drug-likeness (QED) is 0.152. The third-order valence-electron chi connectivity index (χ3n) is 12.5. The second kappa shape index (κ2) is 19.6. The lowest BCUT2D eigenvalue weighted by Crippen LogP contribution is -2.34. The third kappa shape index (κ3) is 10.0. The zero-order valence-electron chi connectivity index (χ0n) is 36.8. The first-order chi connectivity index (χ1) is 31.9. The maximum absolute atomic E-state index is 13.1. The summed E-state index contributed by atoms with van der Waals surface area (Å²) in [6, 6.07) is 33.2. The molecule has 0 spiro atoms. The highest BCUT2D eigenvalue weighted by atomic mass is 35.5. The van der Waals surface area contributed by atoms with E-state index in [1.54, 1.807) is 30.3 Å². The SMILES string of the molecule is CN1CCCN(C(=O)c2cccc(-c3ccc(/C=C4/C(=O)Nc5ccc(Cl)cc54)o3)c2)CC1.CN1CCCN(C(=O)c2cccc(-c3ccc(CC4C(=O)Nc5ccc(Cl)cc54)o3)c2)CC1. The molecular formula is C52H50Cl2N6O6. The molecule has 1 atom stereocenters. The van der Waals surface area contributed by atoms with Gasteiger partial charge in [-0.25, -0.2) is 0 Å². The van der Waals surface area contributed by atoms with E-state index < -0.39 is 0 Å². The number of carbonyl (C=O) groups is 4. The number of hydrogen-bond acceptors (Lipinski definition) is 8. The lowest BCUT2D eigenvalue weighted by Gasteiger charge is -2.20. The molecule has 2 aromatic heterocycles. The van der Waals surface area contributed by atoms with Gasteiger partial charge in [0.25, 0.3) is 17.7 Å². The van der Waals surface area contributed by atoms with Crippen LogP contribution >= 0.6 is 23.2 Å². The van der Waals surface area contributed by atoms with Crippen LogP contribution in [-0.4, -0.2) is 110 Å². The Morgan fingerprint density at radius 2 is 1.23 bits per heavy atom. The van der Waals surface area contributed by atoms with Gasteiger partial charge in [0.2, 0.25) is 5.91 Å². The second-order valence-electron chi connectivity index (χ2n) is 17.2. The van der Waals surface area contributed by atoms with E-state index in [1.807, 2.05) is 94.7 Å². The molecule has 0 bridgehead atoms. The van der Waals surface area contributed by atoms with Crippen molar-refractivity contribution in [1.82, 2.24) is 19.6 Å². The number of benzene rings is 4. The fourth-order valence-corrected chi connectivity index (χ4v) is 9.20. The topological polar surface area (TPSA) is 132 Å². The number of halogens is 2. The molecule has 4 aromatic carbocycles. The molecule has 0 radical (unpaired) electrons. The molecule has 66 heavy (non-hydrogen) atoms. The van der Waals surface area contributed by atoms with Crippen LogP contribution < -0.4 is 10.6 Å². The number of likely N-dealkylation sites (N-methyl/N-ethyl adjacent to an activating group) is 2. The molecule has 14 heteroatoms. The van der Waals surface area contributed by atoms with Crippen LogP contribution in [0, 0.1) is 0 Å². The van der Waals surface area contributed by atoms with Crippen molar-refractivity contribution in [3.05, 3.63) is 153 Å². The van der Waals surface area contributed by atoms with Gasteiger partial charge in [0.05, 0.1) is 11.5 Å². The van der Waals surface area contributed by atoms with E-state index in [4.69, 9.17) is 32.0 Å². The third-order valence-corrected chi connectivity index (χ3v) is 13.0. The van der Waals surface area contributed by atoms with Gasteiger partial charge < -0.3 is 39.1 Å². The lowest BCUT2D eigenvalue weighted by molar-refractivity contribution is -0.117. The molecule has 1 unspecified atom stereocenters. The summed E-state index contributed by atoms with van der Waals surface area (Å²) in [5.74, 6) is 2.08. The Morgan fingerprint density at radius 1 is 0.636 bits per heavy atom. The average Bonchev–Trinajstić information content (AvgIpc) is 4.05. The fraction of sp³-hybridized carbons (Fsp3) is 0.269. The predicted molar refractivity (Wildman–Crippen MR) is 259 cm³/mol. The first kappa shape index (κ1) is 44.7. The Morgan fingerprint density at radius 3 is 1.88 bits per heavy atom. The van der Waals surface area contributed by atoms with Crippen LogP contribution in [0.2, 0.25) is 10.0 Å². The van der Waals surface area contributed by atoms with E-state index in [1.165, 1.54) is 0 Å². The molecule has 4 aliphatic heterocycles. The van der Waals surface area contributed by atoms with Crippen molar-refractivity contribution < 1.29 is 28.0 Å². The Bertz CT molecular complexity index is 2850. The molecule has 2 fully saturated rings. The van der Waals surface area contributed by atoms with Gasteiger partial charge in [-0.05, 0) is 137 Å². The highest BCUT2D eigenvalue weighted by Gasteiger charge is 2.32. The number of nitrogens with zero attached hydrogens (tertiary/aromatic N) is 4. The smallest absolute Gasteiger partial charge is 0.256 e. The van der Waals surface area contributed by atoms with Crippen molar-refractivity contribution >= 4 is 69.9 Å². The van der Waals surface area contributed by atoms with E-state index >= 15 is 0 Å². The maximum Gasteiger partial charge on any atom is 0.256 e. The maximum atomic E-state index is 13.1. The monoisotopic (exact) mass is 924 g/mol. The van der Waals surface area contributed by atoms with Crippen LogP contribution in [0.1, 0.15) is 62.1 Å². The zero-order chi connectivity index (χ0) is 45.9. The fourth-order valence-electron chi connectivity index (χ4n) is 8.85. The van der Waals surface area contributed by atoms with Crippen molar-refractivity contribution in [2.75, 3.05) is 77.1 Å². The number of hydrogen-bond donors (Lipinski definition) is 2. The minimum atomic E-state index is -0.341. The molecule has 10 rings (SSSR count). The summed E-state index contributed by atoms with van der Waals surface area (Å²) in [6.45, 7) is 6.77. The standard InChI is InChI=1S/C26H26ClN3O3.C26H24ClN3O3/c2*1-29-10-3-11-30(13-12-29)26(32)18-5-2-4-17(14-18)24-9-7-20(33-24)16-22-21-15-19(27)6-8-23(21)28-25(22)31/h2,4-9,14-15,22H,3,10-13,16H2,1H3,(H,28,31);2,4-9,14-16H,3,10-13H2,1H3,(H,28,31)/b;22-16+. The van der Waals surface area contributed by atoms with Crippen molar-refractivity contribution in [2.45, 2.75) is 25.2 Å². The summed E-state index contributed by atoms with van der Waals surface area (Å²) in [7, 11) is 4.17. The predicted octanol–water partition coefficient (Wildman–Crippen LogP) is 9.53. The van der Waals surface area contributed by atoms with Gasteiger partial charge in [0, 0.05) is 94.9 Å². The van der Waals surface area contributed by atoms with Crippen LogP contribution in [0.4, 0.5) is 11.4 Å². The van der Waals surface area contributed by atoms with E-state index in [0.29, 0.717) is 56.2 Å². The summed E-state index contributed by atoms with van der Waals surface area (Å²) >= 11 is 12.3. The molecule has 0 saturated carbocycles. The molecule has 0 aliphatic carbocycles. The van der Waals surface area contributed by atoms with Gasteiger partial charge in [-0.2, -0.15) is 0 Å². The van der Waals surface area contributed by atoms with E-state index in [-0.39, 0.29) is 29.5 Å². The minimum Gasteiger partial charge on any atom is -0.461 e. The highest BCUT2D eigenvalue weighted by molar-refractivity contribution is 6.36. The summed E-state index contributed by atoms with van der Waals surface area (Å²) < 4.78 is 12.1. The summed E-state index contributed by atoms with van der Waals surface area (Å²) in [6.07, 6.45) is 4.11. The number of anilines is 2. The molecule has 12 nitrogen and oxygen atoms in total. The highest BCUT2D eigenvalue weighted by Crippen LogP contribution is 2.38. The van der Waals surface area contributed by atoms with Crippen LogP contribution in [-0.2, 0) is 16.0 Å². The molecule has 6 heterocycles. The molecule has 4 amide bonds. The van der Waals surface area contributed by atoms with Gasteiger partial charge in [0.1, 0.15) is 23.0 Å². The average molecular weight is 926 g/mol. The number of nitrogens with one attached hydrogen (secondary N) is 2. The van der Waals surface area contributed by atoms with Gasteiger partial charge in [-0.1, -0.05) is 47.5 Å². The second-order valence-corrected chi connectivity index (χ2v) is 18.1. The molecule has 2 saturated heterocycles. The Kier molecular flexibility index (Phi) is 13.3. The molecule has 4 aliphatic rings. The van der Waals surface area contributed by atoms with E-state index in [0.717, 1.165) is 98.8 Å². The Labute approximate surface area is 393 Å². The van der Waals surface area contributed by atoms with Crippen LogP contribution in [0.15, 0.2) is 118 Å². The van der Waals surface area contributed by atoms with Crippen molar-refractivity contribution in [1.29, 1.82) is 0 Å². The summed E-state index contributed by atoms with van der Waals surface area (Å²) in [5.41, 5.74) is 6.64. The Hall–Kier alpha value is -6.44. The van der Waals surface area contributed by atoms with Crippen LogP contribution in [0.25, 0.3) is 34.3 Å². The first-order valence-electron chi connectivity index (χ1n) is 22.2. The van der Waals surface area contributed by atoms with Gasteiger partial charge in [0.15, 0.2) is 0 Å².